The first-order chi connectivity index (χ1) is 8.49. The van der Waals surface area contributed by atoms with E-state index in [4.69, 9.17) is 5.11 Å². The molecule has 0 atom stereocenters. The summed E-state index contributed by atoms with van der Waals surface area (Å²) in [5, 5.41) is 8.54. The van der Waals surface area contributed by atoms with E-state index in [1.54, 1.807) is 12.3 Å². The van der Waals surface area contributed by atoms with Crippen molar-refractivity contribution in [2.45, 2.75) is 19.4 Å². The van der Waals surface area contributed by atoms with Gasteiger partial charge >= 0.3 is 5.97 Å². The van der Waals surface area contributed by atoms with Gasteiger partial charge in [0.05, 0.1) is 12.2 Å². The minimum Gasteiger partial charge on any atom is -0.481 e. The predicted octanol–water partition coefficient (Wildman–Crippen LogP) is 0.244. The Morgan fingerprint density at radius 1 is 1.50 bits per heavy atom. The van der Waals surface area contributed by atoms with E-state index in [9.17, 15) is 13.2 Å². The number of sulfonamides is 1. The van der Waals surface area contributed by atoms with E-state index in [0.717, 1.165) is 11.3 Å². The summed E-state index contributed by atoms with van der Waals surface area (Å²) in [6, 6.07) is 3.62. The molecule has 1 aromatic heterocycles. The average molecular weight is 270 g/mol. The zero-order chi connectivity index (χ0) is 13.2. The highest BCUT2D eigenvalue weighted by Gasteiger charge is 2.27. The van der Waals surface area contributed by atoms with Crippen LogP contribution in [0.5, 0.6) is 0 Å². The van der Waals surface area contributed by atoms with Crippen LogP contribution in [0, 0.1) is 0 Å². The maximum Gasteiger partial charge on any atom is 0.304 e. The van der Waals surface area contributed by atoms with Crippen LogP contribution in [-0.4, -0.2) is 41.1 Å². The number of rotatable bonds is 4. The van der Waals surface area contributed by atoms with Crippen LogP contribution in [0.25, 0.3) is 0 Å². The molecule has 0 saturated heterocycles. The molecule has 1 N–H and O–H groups in total. The van der Waals surface area contributed by atoms with E-state index in [-0.39, 0.29) is 18.7 Å². The molecule has 0 aromatic carbocycles. The molecule has 0 unspecified atom stereocenters. The molecule has 98 valence electrons. The molecule has 2 heterocycles. The standard InChI is InChI=1S/C11H14N2O4S/c14-11(15)4-7-18(16,17)13-6-3-10-9(8-13)2-1-5-12-10/h1-2,5H,3-4,6-8H2,(H,14,15). The lowest BCUT2D eigenvalue weighted by Crippen LogP contribution is -2.38. The summed E-state index contributed by atoms with van der Waals surface area (Å²) >= 11 is 0. The Kier molecular flexibility index (Phi) is 3.63. The summed E-state index contributed by atoms with van der Waals surface area (Å²) in [6.07, 6.45) is 1.90. The molecule has 7 heteroatoms. The monoisotopic (exact) mass is 270 g/mol. The third-order valence-electron chi connectivity index (χ3n) is 2.90. The SMILES string of the molecule is O=C(O)CCS(=O)(=O)N1CCc2ncccc2C1. The maximum absolute atomic E-state index is 11.9. The Balaban J connectivity index is 2.11. The number of hydrogen-bond acceptors (Lipinski definition) is 4. The fraction of sp³-hybridized carbons (Fsp3) is 0.455. The highest BCUT2D eigenvalue weighted by Crippen LogP contribution is 2.19. The minimum atomic E-state index is -3.50. The number of carbonyl (C=O) groups is 1. The first kappa shape index (κ1) is 13.0. The first-order valence-electron chi connectivity index (χ1n) is 5.61. The summed E-state index contributed by atoms with van der Waals surface area (Å²) in [6.45, 7) is 0.650. The number of carboxylic acids is 1. The molecule has 0 saturated carbocycles. The average Bonchev–Trinajstić information content (AvgIpc) is 2.36. The Bertz CT molecular complexity index is 556. The van der Waals surface area contributed by atoms with Gasteiger partial charge in [-0.2, -0.15) is 4.31 Å². The van der Waals surface area contributed by atoms with Gasteiger partial charge in [-0.25, -0.2) is 8.42 Å². The Hall–Kier alpha value is -1.47. The van der Waals surface area contributed by atoms with E-state index in [2.05, 4.69) is 4.98 Å². The van der Waals surface area contributed by atoms with Crippen LogP contribution in [-0.2, 0) is 27.8 Å². The van der Waals surface area contributed by atoms with Gasteiger partial charge in [-0.15, -0.1) is 0 Å². The first-order valence-corrected chi connectivity index (χ1v) is 7.22. The van der Waals surface area contributed by atoms with Crippen molar-refractivity contribution in [1.29, 1.82) is 0 Å². The number of hydrogen-bond donors (Lipinski definition) is 1. The molecule has 1 aromatic rings. The van der Waals surface area contributed by atoms with Crippen molar-refractivity contribution in [1.82, 2.24) is 9.29 Å². The Morgan fingerprint density at radius 3 is 3.00 bits per heavy atom. The molecule has 0 bridgehead atoms. The molecule has 6 nitrogen and oxygen atoms in total. The van der Waals surface area contributed by atoms with Crippen LogP contribution >= 0.6 is 0 Å². The van der Waals surface area contributed by atoms with Crippen LogP contribution in [0.15, 0.2) is 18.3 Å². The topological polar surface area (TPSA) is 87.6 Å². The Morgan fingerprint density at radius 2 is 2.28 bits per heavy atom. The second kappa shape index (κ2) is 5.03. The quantitative estimate of drug-likeness (QED) is 0.847. The maximum atomic E-state index is 11.9. The molecular formula is C11H14N2O4S. The molecular weight excluding hydrogens is 256 g/mol. The predicted molar refractivity (Wildman–Crippen MR) is 64.4 cm³/mol. The Labute approximate surface area is 105 Å². The molecule has 1 aliphatic heterocycles. The van der Waals surface area contributed by atoms with Crippen LogP contribution in [0.1, 0.15) is 17.7 Å². The van der Waals surface area contributed by atoms with Gasteiger partial charge in [-0.05, 0) is 11.6 Å². The number of nitrogens with zero attached hydrogens (tertiary/aromatic N) is 2. The third-order valence-corrected chi connectivity index (χ3v) is 4.71. The minimum absolute atomic E-state index is 0.283. The fourth-order valence-corrected chi connectivity index (χ4v) is 3.32. The van der Waals surface area contributed by atoms with E-state index < -0.39 is 16.0 Å². The second-order valence-electron chi connectivity index (χ2n) is 4.15. The van der Waals surface area contributed by atoms with Gasteiger partial charge in [0.25, 0.3) is 0 Å². The van der Waals surface area contributed by atoms with Crippen LogP contribution in [0.4, 0.5) is 0 Å². The third kappa shape index (κ3) is 2.85. The molecule has 18 heavy (non-hydrogen) atoms. The van der Waals surface area contributed by atoms with Gasteiger partial charge in [-0.3, -0.25) is 9.78 Å². The molecule has 0 fully saturated rings. The highest BCUT2D eigenvalue weighted by molar-refractivity contribution is 7.89. The van der Waals surface area contributed by atoms with E-state index in [0.29, 0.717) is 13.0 Å². The largest absolute Gasteiger partial charge is 0.481 e. The van der Waals surface area contributed by atoms with Crippen molar-refractivity contribution < 1.29 is 18.3 Å². The smallest absolute Gasteiger partial charge is 0.304 e. The molecule has 1 aliphatic rings. The summed E-state index contributed by atoms with van der Waals surface area (Å²) in [7, 11) is -3.50. The van der Waals surface area contributed by atoms with Gasteiger partial charge in [0.15, 0.2) is 0 Å². The van der Waals surface area contributed by atoms with Crippen molar-refractivity contribution in [3.8, 4) is 0 Å². The molecule has 0 amide bonds. The van der Waals surface area contributed by atoms with Crippen LogP contribution in [0.3, 0.4) is 0 Å². The molecule has 2 rings (SSSR count). The fourth-order valence-electron chi connectivity index (χ4n) is 1.92. The second-order valence-corrected chi connectivity index (χ2v) is 6.24. The molecule has 0 aliphatic carbocycles. The normalized spacial score (nSPS) is 16.2. The van der Waals surface area contributed by atoms with Crippen molar-refractivity contribution >= 4 is 16.0 Å². The van der Waals surface area contributed by atoms with Crippen LogP contribution in [0.2, 0.25) is 0 Å². The number of fused-ring (bicyclic) bond motifs is 1. The zero-order valence-corrected chi connectivity index (χ0v) is 10.6. The van der Waals surface area contributed by atoms with Crippen LogP contribution < -0.4 is 0 Å². The van der Waals surface area contributed by atoms with Gasteiger partial charge < -0.3 is 5.11 Å². The lowest BCUT2D eigenvalue weighted by Gasteiger charge is -2.27. The van der Waals surface area contributed by atoms with Crippen molar-refractivity contribution in [2.24, 2.45) is 0 Å². The number of carboxylic acid groups (broad SMARTS) is 1. The van der Waals surface area contributed by atoms with Gasteiger partial charge in [0.1, 0.15) is 0 Å². The van der Waals surface area contributed by atoms with Crippen molar-refractivity contribution in [3.05, 3.63) is 29.6 Å². The summed E-state index contributed by atoms with van der Waals surface area (Å²) in [5.74, 6) is -1.45. The lowest BCUT2D eigenvalue weighted by atomic mass is 10.1. The van der Waals surface area contributed by atoms with Crippen molar-refractivity contribution in [3.63, 3.8) is 0 Å². The van der Waals surface area contributed by atoms with Gasteiger partial charge in [0, 0.05) is 31.4 Å². The number of aliphatic carboxylic acids is 1. The lowest BCUT2D eigenvalue weighted by molar-refractivity contribution is -0.136. The summed E-state index contributed by atoms with van der Waals surface area (Å²) in [5.41, 5.74) is 1.81. The highest BCUT2D eigenvalue weighted by atomic mass is 32.2. The van der Waals surface area contributed by atoms with E-state index in [1.165, 1.54) is 4.31 Å². The van der Waals surface area contributed by atoms with E-state index >= 15 is 0 Å². The summed E-state index contributed by atoms with van der Waals surface area (Å²) < 4.78 is 25.2. The van der Waals surface area contributed by atoms with Gasteiger partial charge in [-0.1, -0.05) is 6.07 Å². The number of aromatic nitrogens is 1. The molecule has 0 spiro atoms. The molecule has 0 radical (unpaired) electrons. The number of pyridine rings is 1. The summed E-state index contributed by atoms with van der Waals surface area (Å²) in [4.78, 5) is 14.6. The van der Waals surface area contributed by atoms with E-state index in [1.807, 2.05) is 6.07 Å². The zero-order valence-electron chi connectivity index (χ0n) is 9.74. The van der Waals surface area contributed by atoms with Crippen molar-refractivity contribution in [2.75, 3.05) is 12.3 Å². The van der Waals surface area contributed by atoms with Gasteiger partial charge in [0.2, 0.25) is 10.0 Å².